The van der Waals surface area contributed by atoms with E-state index in [1.54, 1.807) is 20.2 Å². The van der Waals surface area contributed by atoms with Crippen molar-refractivity contribution in [2.45, 2.75) is 25.4 Å². The van der Waals surface area contributed by atoms with Crippen LogP contribution in [-0.2, 0) is 11.3 Å². The lowest BCUT2D eigenvalue weighted by molar-refractivity contribution is -0.130. The van der Waals surface area contributed by atoms with E-state index in [1.807, 2.05) is 6.07 Å². The molecule has 0 bridgehead atoms. The summed E-state index contributed by atoms with van der Waals surface area (Å²) in [5, 5.41) is 3.31. The van der Waals surface area contributed by atoms with Crippen molar-refractivity contribution in [2.75, 3.05) is 20.7 Å². The largest absolute Gasteiger partial charge is 0.480 e. The van der Waals surface area contributed by atoms with Crippen LogP contribution in [0.4, 0.5) is 4.39 Å². The number of carbonyl (C=O) groups is 1. The Hall–Kier alpha value is -1.62. The van der Waals surface area contributed by atoms with E-state index in [2.05, 4.69) is 5.32 Å². The van der Waals surface area contributed by atoms with Gasteiger partial charge in [-0.25, -0.2) is 4.39 Å². The zero-order valence-electron chi connectivity index (χ0n) is 11.3. The van der Waals surface area contributed by atoms with Crippen LogP contribution in [0.1, 0.15) is 18.4 Å². The summed E-state index contributed by atoms with van der Waals surface area (Å²) in [5.74, 6) is -0.447. The molecule has 1 aliphatic rings. The van der Waals surface area contributed by atoms with Crippen LogP contribution < -0.4 is 10.1 Å². The van der Waals surface area contributed by atoms with Gasteiger partial charge >= 0.3 is 0 Å². The number of amides is 1. The smallest absolute Gasteiger partial charge is 0.259 e. The molecule has 0 unspecified atom stereocenters. The van der Waals surface area contributed by atoms with Gasteiger partial charge in [0.25, 0.3) is 5.91 Å². The molecule has 104 valence electrons. The van der Waals surface area contributed by atoms with E-state index in [9.17, 15) is 9.18 Å². The van der Waals surface area contributed by atoms with E-state index in [1.165, 1.54) is 23.8 Å². The van der Waals surface area contributed by atoms with Crippen molar-refractivity contribution in [3.8, 4) is 5.75 Å². The van der Waals surface area contributed by atoms with Crippen LogP contribution in [0, 0.1) is 5.82 Å². The highest BCUT2D eigenvalue weighted by Gasteiger charge is 2.21. The van der Waals surface area contributed by atoms with Gasteiger partial charge in [-0.3, -0.25) is 4.79 Å². The molecule has 1 aromatic carbocycles. The summed E-state index contributed by atoms with van der Waals surface area (Å²) < 4.78 is 19.1. The average Bonchev–Trinajstić information content (AvgIpc) is 3.18. The monoisotopic (exact) mass is 266 g/mol. The Morgan fingerprint density at radius 1 is 1.47 bits per heavy atom. The second-order valence-corrected chi connectivity index (χ2v) is 4.96. The van der Waals surface area contributed by atoms with Crippen LogP contribution in [0.2, 0.25) is 0 Å². The number of hydrogen-bond donors (Lipinski definition) is 1. The second kappa shape index (κ2) is 6.02. The molecule has 0 aromatic heterocycles. The van der Waals surface area contributed by atoms with Gasteiger partial charge < -0.3 is 15.0 Å². The number of nitrogens with one attached hydrogen (secondary N) is 1. The van der Waals surface area contributed by atoms with Crippen LogP contribution in [-0.4, -0.2) is 37.6 Å². The van der Waals surface area contributed by atoms with Crippen LogP contribution in [0.25, 0.3) is 0 Å². The predicted octanol–water partition coefficient (Wildman–Crippen LogP) is 1.54. The summed E-state index contributed by atoms with van der Waals surface area (Å²) in [5.41, 5.74) is 0.749. The molecule has 0 spiro atoms. The lowest BCUT2D eigenvalue weighted by Gasteiger charge is -2.15. The van der Waals surface area contributed by atoms with Gasteiger partial charge in [0.05, 0.1) is 0 Å². The number of benzene rings is 1. The molecule has 0 atom stereocenters. The molecule has 0 heterocycles. The van der Waals surface area contributed by atoms with Crippen molar-refractivity contribution in [3.63, 3.8) is 0 Å². The van der Waals surface area contributed by atoms with Crippen molar-refractivity contribution >= 4 is 5.91 Å². The summed E-state index contributed by atoms with van der Waals surface area (Å²) >= 11 is 0. The molecule has 0 saturated heterocycles. The van der Waals surface area contributed by atoms with Gasteiger partial charge in [-0.1, -0.05) is 12.1 Å². The molecule has 1 aromatic rings. The maximum atomic E-state index is 13.8. The van der Waals surface area contributed by atoms with Crippen LogP contribution >= 0.6 is 0 Å². The Balaban J connectivity index is 2.01. The minimum Gasteiger partial charge on any atom is -0.480 e. The van der Waals surface area contributed by atoms with Crippen molar-refractivity contribution < 1.29 is 13.9 Å². The minimum absolute atomic E-state index is 0.148. The number of ether oxygens (including phenoxy) is 1. The highest BCUT2D eigenvalue weighted by atomic mass is 19.1. The fourth-order valence-electron chi connectivity index (χ4n) is 1.66. The van der Waals surface area contributed by atoms with Crippen molar-refractivity contribution in [3.05, 3.63) is 29.6 Å². The van der Waals surface area contributed by atoms with Crippen molar-refractivity contribution in [1.29, 1.82) is 0 Å². The Morgan fingerprint density at radius 3 is 2.84 bits per heavy atom. The molecule has 19 heavy (non-hydrogen) atoms. The number of rotatable bonds is 6. The molecule has 1 aliphatic carbocycles. The molecule has 1 fully saturated rings. The number of hydrogen-bond acceptors (Lipinski definition) is 3. The van der Waals surface area contributed by atoms with Gasteiger partial charge in [0.1, 0.15) is 0 Å². The average molecular weight is 266 g/mol. The molecule has 4 nitrogen and oxygen atoms in total. The third-order valence-corrected chi connectivity index (χ3v) is 3.05. The molecule has 2 rings (SSSR count). The number of carbonyl (C=O) groups excluding carboxylic acids is 1. The van der Waals surface area contributed by atoms with Crippen molar-refractivity contribution in [1.82, 2.24) is 10.2 Å². The zero-order valence-corrected chi connectivity index (χ0v) is 11.3. The van der Waals surface area contributed by atoms with E-state index in [4.69, 9.17) is 4.74 Å². The van der Waals surface area contributed by atoms with Gasteiger partial charge in [0, 0.05) is 32.2 Å². The lowest BCUT2D eigenvalue weighted by atomic mass is 10.2. The number of halogens is 1. The van der Waals surface area contributed by atoms with Crippen LogP contribution in [0.15, 0.2) is 18.2 Å². The normalized spacial score (nSPS) is 14.3. The molecule has 5 heteroatoms. The third-order valence-electron chi connectivity index (χ3n) is 3.05. The SMILES string of the molecule is CN(C)C(=O)COc1c(F)cccc1CNC1CC1. The third kappa shape index (κ3) is 3.92. The van der Waals surface area contributed by atoms with Gasteiger partial charge in [-0.05, 0) is 18.9 Å². The summed E-state index contributed by atoms with van der Waals surface area (Å²) in [7, 11) is 3.28. The fourth-order valence-corrected chi connectivity index (χ4v) is 1.66. The molecule has 1 amide bonds. The first kappa shape index (κ1) is 13.8. The number of nitrogens with zero attached hydrogens (tertiary/aromatic N) is 1. The quantitative estimate of drug-likeness (QED) is 0.849. The summed E-state index contributed by atoms with van der Waals surface area (Å²) in [6.45, 7) is 0.415. The summed E-state index contributed by atoms with van der Waals surface area (Å²) in [6.07, 6.45) is 2.34. The topological polar surface area (TPSA) is 41.6 Å². The van der Waals surface area contributed by atoms with Crippen LogP contribution in [0.5, 0.6) is 5.75 Å². The molecule has 0 radical (unpaired) electrons. The number of likely N-dealkylation sites (N-methyl/N-ethyl adjacent to an activating group) is 1. The Morgan fingerprint density at radius 2 is 2.21 bits per heavy atom. The van der Waals surface area contributed by atoms with Gasteiger partial charge in [-0.2, -0.15) is 0 Å². The van der Waals surface area contributed by atoms with Crippen LogP contribution in [0.3, 0.4) is 0 Å². The van der Waals surface area contributed by atoms with E-state index >= 15 is 0 Å². The highest BCUT2D eigenvalue weighted by Crippen LogP contribution is 2.25. The lowest BCUT2D eigenvalue weighted by Crippen LogP contribution is -2.28. The van der Waals surface area contributed by atoms with E-state index < -0.39 is 5.82 Å². The minimum atomic E-state index is -0.429. The zero-order chi connectivity index (χ0) is 13.8. The first-order chi connectivity index (χ1) is 9.08. The Bertz CT molecular complexity index is 459. The van der Waals surface area contributed by atoms with E-state index in [-0.39, 0.29) is 18.3 Å². The molecule has 1 saturated carbocycles. The maximum absolute atomic E-state index is 13.8. The van der Waals surface area contributed by atoms with Crippen molar-refractivity contribution in [2.24, 2.45) is 0 Å². The highest BCUT2D eigenvalue weighted by molar-refractivity contribution is 5.77. The summed E-state index contributed by atoms with van der Waals surface area (Å²) in [4.78, 5) is 12.9. The first-order valence-corrected chi connectivity index (χ1v) is 6.41. The number of para-hydroxylation sites is 1. The second-order valence-electron chi connectivity index (χ2n) is 4.96. The van der Waals surface area contributed by atoms with Gasteiger partial charge in [0.15, 0.2) is 18.2 Å². The molecule has 1 N–H and O–H groups in total. The Kier molecular flexibility index (Phi) is 4.37. The maximum Gasteiger partial charge on any atom is 0.259 e. The van der Waals surface area contributed by atoms with E-state index in [0.29, 0.717) is 12.6 Å². The Labute approximate surface area is 112 Å². The molecular formula is C14H19FN2O2. The standard InChI is InChI=1S/C14H19FN2O2/c1-17(2)13(18)9-19-14-10(4-3-5-12(14)15)8-16-11-6-7-11/h3-5,11,16H,6-9H2,1-2H3. The fraction of sp³-hybridized carbons (Fsp3) is 0.500. The summed E-state index contributed by atoms with van der Waals surface area (Å²) in [6, 6.07) is 5.35. The molecule has 0 aliphatic heterocycles. The molecular weight excluding hydrogens is 247 g/mol. The predicted molar refractivity (Wildman–Crippen MR) is 70.5 cm³/mol. The van der Waals surface area contributed by atoms with Gasteiger partial charge in [0.2, 0.25) is 0 Å². The first-order valence-electron chi connectivity index (χ1n) is 6.41. The van der Waals surface area contributed by atoms with Gasteiger partial charge in [-0.15, -0.1) is 0 Å². The van der Waals surface area contributed by atoms with E-state index in [0.717, 1.165) is 5.56 Å².